The van der Waals surface area contributed by atoms with Crippen molar-refractivity contribution in [3.05, 3.63) is 27.7 Å². The molecule has 0 aliphatic carbocycles. The van der Waals surface area contributed by atoms with Crippen LogP contribution in [0.25, 0.3) is 0 Å². The molecular weight excluding hydrogens is 342 g/mol. The Balaban J connectivity index is 3.17. The smallest absolute Gasteiger partial charge is 0.251 e. The van der Waals surface area contributed by atoms with E-state index in [1.54, 1.807) is 20.0 Å². The average molecular weight is 357 g/mol. The molecule has 0 aromatic heterocycles. The van der Waals surface area contributed by atoms with Crippen molar-refractivity contribution in [1.82, 2.24) is 10.0 Å². The summed E-state index contributed by atoms with van der Waals surface area (Å²) in [5.74, 6) is 0. The Morgan fingerprint density at radius 2 is 2.00 bits per heavy atom. The van der Waals surface area contributed by atoms with Crippen LogP contribution < -0.4 is 10.0 Å². The van der Waals surface area contributed by atoms with Gasteiger partial charge in [-0.05, 0) is 37.2 Å². The lowest BCUT2D eigenvalue weighted by Gasteiger charge is -2.12. The number of hydrogen-bond acceptors (Lipinski definition) is 3. The lowest BCUT2D eigenvalue weighted by Crippen LogP contribution is -2.29. The quantitative estimate of drug-likeness (QED) is 0.819. The van der Waals surface area contributed by atoms with Gasteiger partial charge in [-0.25, -0.2) is 21.9 Å². The van der Waals surface area contributed by atoms with Crippen LogP contribution in [0.3, 0.4) is 0 Å². The maximum absolute atomic E-state index is 12.1. The van der Waals surface area contributed by atoms with Gasteiger partial charge in [-0.3, -0.25) is 0 Å². The molecule has 0 atom stereocenters. The van der Waals surface area contributed by atoms with E-state index in [0.717, 1.165) is 5.56 Å². The summed E-state index contributed by atoms with van der Waals surface area (Å²) >= 11 is 3.27. The molecule has 0 aliphatic rings. The maximum atomic E-state index is 12.1. The number of nitrogens with one attached hydrogen (secondary N) is 2. The van der Waals surface area contributed by atoms with Gasteiger partial charge in [0.2, 0.25) is 10.0 Å². The highest BCUT2D eigenvalue weighted by Gasteiger charge is 2.20. The predicted molar refractivity (Wildman–Crippen MR) is 72.8 cm³/mol. The van der Waals surface area contributed by atoms with Crippen LogP contribution in [0, 0.1) is 6.92 Å². The fourth-order valence-electron chi connectivity index (χ4n) is 1.54. The molecule has 0 heterocycles. The SMILES string of the molecule is CNCc1cc(Br)c(C)c(S(=O)(=O)NCC(F)F)c1. The summed E-state index contributed by atoms with van der Waals surface area (Å²) in [6.07, 6.45) is -2.72. The van der Waals surface area contributed by atoms with E-state index in [1.165, 1.54) is 6.07 Å². The summed E-state index contributed by atoms with van der Waals surface area (Å²) in [6.45, 7) is 1.20. The topological polar surface area (TPSA) is 58.2 Å². The van der Waals surface area contributed by atoms with E-state index in [4.69, 9.17) is 0 Å². The fourth-order valence-corrected chi connectivity index (χ4v) is 3.50. The van der Waals surface area contributed by atoms with Crippen molar-refractivity contribution in [1.29, 1.82) is 0 Å². The van der Waals surface area contributed by atoms with Crippen LogP contribution in [0.4, 0.5) is 8.78 Å². The second kappa shape index (κ2) is 6.74. The largest absolute Gasteiger partial charge is 0.316 e. The minimum Gasteiger partial charge on any atom is -0.316 e. The third-order valence-electron chi connectivity index (χ3n) is 2.45. The zero-order valence-electron chi connectivity index (χ0n) is 10.5. The highest BCUT2D eigenvalue weighted by Crippen LogP contribution is 2.25. The van der Waals surface area contributed by atoms with Gasteiger partial charge in [-0.2, -0.15) is 0 Å². The van der Waals surface area contributed by atoms with E-state index < -0.39 is 23.0 Å². The molecule has 0 unspecified atom stereocenters. The molecule has 8 heteroatoms. The molecule has 0 radical (unpaired) electrons. The van der Waals surface area contributed by atoms with E-state index in [9.17, 15) is 17.2 Å². The Hall–Kier alpha value is -0.570. The Bertz CT molecular complexity index is 550. The van der Waals surface area contributed by atoms with Crippen LogP contribution in [-0.2, 0) is 16.6 Å². The highest BCUT2D eigenvalue weighted by atomic mass is 79.9. The average Bonchev–Trinajstić information content (AvgIpc) is 2.31. The maximum Gasteiger partial charge on any atom is 0.251 e. The van der Waals surface area contributed by atoms with E-state index in [-0.39, 0.29) is 4.90 Å². The zero-order valence-corrected chi connectivity index (χ0v) is 12.9. The van der Waals surface area contributed by atoms with E-state index >= 15 is 0 Å². The number of halogens is 3. The van der Waals surface area contributed by atoms with Crippen molar-refractivity contribution < 1.29 is 17.2 Å². The molecule has 1 aromatic carbocycles. The highest BCUT2D eigenvalue weighted by molar-refractivity contribution is 9.10. The molecule has 0 spiro atoms. The molecule has 0 amide bonds. The first-order chi connectivity index (χ1) is 8.77. The lowest BCUT2D eigenvalue weighted by molar-refractivity contribution is 0.153. The number of sulfonamides is 1. The summed E-state index contributed by atoms with van der Waals surface area (Å²) in [6, 6.07) is 3.27. The van der Waals surface area contributed by atoms with Gasteiger partial charge >= 0.3 is 0 Å². The summed E-state index contributed by atoms with van der Waals surface area (Å²) < 4.78 is 50.7. The Kier molecular flexibility index (Phi) is 5.84. The summed E-state index contributed by atoms with van der Waals surface area (Å²) in [4.78, 5) is 0.00720. The van der Waals surface area contributed by atoms with Gasteiger partial charge < -0.3 is 5.32 Å². The second-order valence-corrected chi connectivity index (χ2v) is 6.56. The first kappa shape index (κ1) is 16.5. The van der Waals surface area contributed by atoms with Gasteiger partial charge in [0.1, 0.15) is 0 Å². The fraction of sp³-hybridized carbons (Fsp3) is 0.455. The van der Waals surface area contributed by atoms with Crippen molar-refractivity contribution in [2.45, 2.75) is 24.8 Å². The zero-order chi connectivity index (χ0) is 14.6. The number of alkyl halides is 2. The second-order valence-electron chi connectivity index (χ2n) is 3.97. The molecule has 0 saturated heterocycles. The third-order valence-corrected chi connectivity index (χ3v) is 4.83. The van der Waals surface area contributed by atoms with Crippen LogP contribution in [0.1, 0.15) is 11.1 Å². The molecular formula is C11H15BrF2N2O2S. The molecule has 1 aromatic rings. The van der Waals surface area contributed by atoms with Crippen molar-refractivity contribution in [2.24, 2.45) is 0 Å². The van der Waals surface area contributed by atoms with Crippen molar-refractivity contribution in [3.8, 4) is 0 Å². The standard InChI is InChI=1S/C11H15BrF2N2O2S/c1-7-9(12)3-8(5-15-2)4-10(7)19(17,18)16-6-11(13)14/h3-4,11,15-16H,5-6H2,1-2H3. The van der Waals surface area contributed by atoms with Crippen molar-refractivity contribution >= 4 is 26.0 Å². The summed E-state index contributed by atoms with van der Waals surface area (Å²) in [5, 5.41) is 2.90. The van der Waals surface area contributed by atoms with Gasteiger partial charge in [0.15, 0.2) is 0 Å². The molecule has 4 nitrogen and oxygen atoms in total. The van der Waals surface area contributed by atoms with Crippen LogP contribution >= 0.6 is 15.9 Å². The van der Waals surface area contributed by atoms with E-state index in [0.29, 0.717) is 16.6 Å². The van der Waals surface area contributed by atoms with Crippen molar-refractivity contribution in [2.75, 3.05) is 13.6 Å². The Labute approximate surface area is 119 Å². The van der Waals surface area contributed by atoms with Crippen LogP contribution in [-0.4, -0.2) is 28.4 Å². The predicted octanol–water partition coefficient (Wildman–Crippen LogP) is 2.02. The van der Waals surface area contributed by atoms with Gasteiger partial charge in [-0.15, -0.1) is 0 Å². The molecule has 19 heavy (non-hydrogen) atoms. The molecule has 0 saturated carbocycles. The summed E-state index contributed by atoms with van der Waals surface area (Å²) in [5.41, 5.74) is 1.24. The summed E-state index contributed by atoms with van der Waals surface area (Å²) in [7, 11) is -2.20. The van der Waals surface area contributed by atoms with Gasteiger partial charge in [0, 0.05) is 11.0 Å². The minimum atomic E-state index is -3.94. The molecule has 0 aliphatic heterocycles. The van der Waals surface area contributed by atoms with Crippen LogP contribution in [0.2, 0.25) is 0 Å². The minimum absolute atomic E-state index is 0.00720. The van der Waals surface area contributed by atoms with Gasteiger partial charge in [0.25, 0.3) is 6.43 Å². The van der Waals surface area contributed by atoms with Gasteiger partial charge in [0.05, 0.1) is 11.4 Å². The molecule has 2 N–H and O–H groups in total. The normalized spacial score (nSPS) is 12.1. The number of hydrogen-bond donors (Lipinski definition) is 2. The Morgan fingerprint density at radius 3 is 2.53 bits per heavy atom. The molecule has 108 valence electrons. The Morgan fingerprint density at radius 1 is 1.37 bits per heavy atom. The molecule has 1 rings (SSSR count). The first-order valence-corrected chi connectivity index (χ1v) is 7.77. The van der Waals surface area contributed by atoms with Crippen molar-refractivity contribution in [3.63, 3.8) is 0 Å². The van der Waals surface area contributed by atoms with Crippen LogP contribution in [0.15, 0.2) is 21.5 Å². The number of rotatable bonds is 6. The lowest BCUT2D eigenvalue weighted by atomic mass is 10.1. The molecule has 0 bridgehead atoms. The third kappa shape index (κ3) is 4.48. The van der Waals surface area contributed by atoms with E-state index in [2.05, 4.69) is 21.2 Å². The first-order valence-electron chi connectivity index (χ1n) is 5.49. The van der Waals surface area contributed by atoms with Gasteiger partial charge in [-0.1, -0.05) is 15.9 Å². The molecule has 0 fully saturated rings. The van der Waals surface area contributed by atoms with Crippen LogP contribution in [0.5, 0.6) is 0 Å². The monoisotopic (exact) mass is 356 g/mol. The number of benzene rings is 1. The van der Waals surface area contributed by atoms with E-state index in [1.807, 2.05) is 4.72 Å².